The molecule has 0 amide bonds. The Bertz CT molecular complexity index is 360. The van der Waals surface area contributed by atoms with E-state index in [0.29, 0.717) is 6.42 Å². The fraction of sp³-hybridized carbons (Fsp3) is 0.300. The lowest BCUT2D eigenvalue weighted by atomic mass is 10.1. The number of rotatable bonds is 3. The summed E-state index contributed by atoms with van der Waals surface area (Å²) in [6.45, 7) is 1.95. The topological polar surface area (TPSA) is 69.3 Å². The van der Waals surface area contributed by atoms with E-state index in [1.807, 2.05) is 25.1 Å². The zero-order valence-corrected chi connectivity index (χ0v) is 8.29. The Balaban J connectivity index is 2.86. The summed E-state index contributed by atoms with van der Waals surface area (Å²) in [4.78, 5) is 0. The number of amidine groups is 1. The molecule has 74 valence electrons. The van der Waals surface area contributed by atoms with Crippen molar-refractivity contribution in [3.05, 3.63) is 29.3 Å². The Morgan fingerprint density at radius 3 is 2.71 bits per heavy atom. The van der Waals surface area contributed by atoms with Crippen molar-refractivity contribution in [2.45, 2.75) is 13.3 Å². The SMILES string of the molecule is COc1ccc(CC(=N)N=N)cc1C. The van der Waals surface area contributed by atoms with E-state index in [2.05, 4.69) is 5.11 Å². The van der Waals surface area contributed by atoms with Crippen LogP contribution >= 0.6 is 0 Å². The number of ether oxygens (including phenoxy) is 1. The smallest absolute Gasteiger partial charge is 0.147 e. The molecule has 0 bridgehead atoms. The van der Waals surface area contributed by atoms with Crippen LogP contribution < -0.4 is 4.74 Å². The van der Waals surface area contributed by atoms with Crippen molar-refractivity contribution in [2.75, 3.05) is 7.11 Å². The number of benzene rings is 1. The number of aryl methyl sites for hydroxylation is 1. The molecule has 0 aliphatic rings. The molecule has 0 aliphatic heterocycles. The Morgan fingerprint density at radius 1 is 1.50 bits per heavy atom. The number of methoxy groups -OCH3 is 1. The van der Waals surface area contributed by atoms with Gasteiger partial charge in [-0.2, -0.15) is 0 Å². The van der Waals surface area contributed by atoms with E-state index in [4.69, 9.17) is 15.7 Å². The average molecular weight is 191 g/mol. The van der Waals surface area contributed by atoms with Gasteiger partial charge in [0.25, 0.3) is 0 Å². The van der Waals surface area contributed by atoms with E-state index in [9.17, 15) is 0 Å². The minimum atomic E-state index is 0.0644. The maximum Gasteiger partial charge on any atom is 0.147 e. The van der Waals surface area contributed by atoms with Crippen molar-refractivity contribution in [1.29, 1.82) is 10.9 Å². The van der Waals surface area contributed by atoms with Gasteiger partial charge in [-0.25, -0.2) is 5.53 Å². The van der Waals surface area contributed by atoms with Crippen molar-refractivity contribution in [3.63, 3.8) is 0 Å². The van der Waals surface area contributed by atoms with Gasteiger partial charge >= 0.3 is 0 Å². The van der Waals surface area contributed by atoms with Crippen molar-refractivity contribution in [2.24, 2.45) is 5.11 Å². The molecule has 0 spiro atoms. The minimum absolute atomic E-state index is 0.0644. The van der Waals surface area contributed by atoms with E-state index >= 15 is 0 Å². The maximum absolute atomic E-state index is 7.26. The van der Waals surface area contributed by atoms with Crippen LogP contribution in [-0.4, -0.2) is 12.9 Å². The van der Waals surface area contributed by atoms with Crippen LogP contribution in [0, 0.1) is 17.9 Å². The molecule has 0 aromatic heterocycles. The second-order valence-electron chi connectivity index (χ2n) is 3.04. The van der Waals surface area contributed by atoms with Gasteiger partial charge in [-0.1, -0.05) is 12.1 Å². The molecule has 4 nitrogen and oxygen atoms in total. The monoisotopic (exact) mass is 191 g/mol. The predicted octanol–water partition coefficient (Wildman–Crippen LogP) is 2.55. The normalized spacial score (nSPS) is 9.57. The molecule has 1 rings (SSSR count). The van der Waals surface area contributed by atoms with Gasteiger partial charge in [-0.3, -0.25) is 5.41 Å². The quantitative estimate of drug-likeness (QED) is 0.430. The molecular formula is C10H13N3O. The molecule has 0 atom stereocenters. The Kier molecular flexibility index (Phi) is 3.34. The number of nitrogens with zero attached hydrogens (tertiary/aromatic N) is 1. The molecule has 0 saturated heterocycles. The first-order valence-corrected chi connectivity index (χ1v) is 4.25. The van der Waals surface area contributed by atoms with Crippen molar-refractivity contribution in [1.82, 2.24) is 0 Å². The van der Waals surface area contributed by atoms with Crippen LogP contribution in [0.5, 0.6) is 5.75 Å². The van der Waals surface area contributed by atoms with E-state index in [1.165, 1.54) is 0 Å². The molecule has 4 heteroatoms. The van der Waals surface area contributed by atoms with Crippen molar-refractivity contribution < 1.29 is 4.74 Å². The summed E-state index contributed by atoms with van der Waals surface area (Å²) in [5, 5.41) is 10.3. The van der Waals surface area contributed by atoms with Crippen LogP contribution in [0.15, 0.2) is 23.3 Å². The van der Waals surface area contributed by atoms with Gasteiger partial charge in [0.15, 0.2) is 0 Å². The Morgan fingerprint density at radius 2 is 2.21 bits per heavy atom. The van der Waals surface area contributed by atoms with Gasteiger partial charge in [0.1, 0.15) is 11.6 Å². The third kappa shape index (κ3) is 2.39. The number of hydrogen-bond acceptors (Lipinski definition) is 3. The van der Waals surface area contributed by atoms with Crippen molar-refractivity contribution >= 4 is 5.84 Å². The molecule has 0 saturated carbocycles. The highest BCUT2D eigenvalue weighted by molar-refractivity contribution is 5.81. The summed E-state index contributed by atoms with van der Waals surface area (Å²) >= 11 is 0. The highest BCUT2D eigenvalue weighted by Crippen LogP contribution is 2.18. The van der Waals surface area contributed by atoms with Crippen LogP contribution in [0.2, 0.25) is 0 Å². The molecule has 0 aliphatic carbocycles. The fourth-order valence-electron chi connectivity index (χ4n) is 1.28. The summed E-state index contributed by atoms with van der Waals surface area (Å²) in [5.41, 5.74) is 8.67. The largest absolute Gasteiger partial charge is 0.496 e. The third-order valence-electron chi connectivity index (χ3n) is 1.97. The standard InChI is InChI=1S/C10H13N3O/c1-7-5-8(6-10(11)13-12)3-4-9(7)14-2/h3-5,11-12H,6H2,1-2H3. The van der Waals surface area contributed by atoms with Crippen LogP contribution in [0.25, 0.3) is 0 Å². The van der Waals surface area contributed by atoms with Crippen LogP contribution in [-0.2, 0) is 6.42 Å². The average Bonchev–Trinajstić information content (AvgIpc) is 2.18. The second kappa shape index (κ2) is 4.50. The minimum Gasteiger partial charge on any atom is -0.496 e. The zero-order chi connectivity index (χ0) is 10.6. The summed E-state index contributed by atoms with van der Waals surface area (Å²) in [5.74, 6) is 0.901. The molecule has 0 fully saturated rings. The number of hydrogen-bond donors (Lipinski definition) is 2. The lowest BCUT2D eigenvalue weighted by Gasteiger charge is -2.06. The lowest BCUT2D eigenvalue weighted by Crippen LogP contribution is -1.97. The van der Waals surface area contributed by atoms with Gasteiger partial charge in [0.2, 0.25) is 0 Å². The summed E-state index contributed by atoms with van der Waals surface area (Å²) < 4.78 is 5.12. The molecule has 1 aromatic carbocycles. The Labute approximate surface area is 82.9 Å². The van der Waals surface area contributed by atoms with E-state index in [-0.39, 0.29) is 5.84 Å². The van der Waals surface area contributed by atoms with Gasteiger partial charge < -0.3 is 4.74 Å². The molecule has 0 radical (unpaired) electrons. The number of nitrogens with one attached hydrogen (secondary N) is 2. The van der Waals surface area contributed by atoms with Crippen LogP contribution in [0.4, 0.5) is 0 Å². The van der Waals surface area contributed by atoms with Gasteiger partial charge in [0.05, 0.1) is 7.11 Å². The highest BCUT2D eigenvalue weighted by Gasteiger charge is 2.01. The van der Waals surface area contributed by atoms with Gasteiger partial charge in [0, 0.05) is 6.42 Å². The van der Waals surface area contributed by atoms with E-state index in [0.717, 1.165) is 16.9 Å². The van der Waals surface area contributed by atoms with Crippen LogP contribution in [0.3, 0.4) is 0 Å². The van der Waals surface area contributed by atoms with Gasteiger partial charge in [-0.05, 0) is 24.1 Å². The molecular weight excluding hydrogens is 178 g/mol. The summed E-state index contributed by atoms with van der Waals surface area (Å²) in [6, 6.07) is 5.69. The fourth-order valence-corrected chi connectivity index (χ4v) is 1.28. The Hall–Kier alpha value is -1.71. The third-order valence-corrected chi connectivity index (χ3v) is 1.97. The molecule has 2 N–H and O–H groups in total. The first-order chi connectivity index (χ1) is 6.67. The zero-order valence-electron chi connectivity index (χ0n) is 8.29. The van der Waals surface area contributed by atoms with Crippen molar-refractivity contribution in [3.8, 4) is 5.75 Å². The molecule has 0 heterocycles. The van der Waals surface area contributed by atoms with Gasteiger partial charge in [-0.15, -0.1) is 5.11 Å². The lowest BCUT2D eigenvalue weighted by molar-refractivity contribution is 0.411. The first-order valence-electron chi connectivity index (χ1n) is 4.25. The molecule has 0 unspecified atom stereocenters. The van der Waals surface area contributed by atoms with E-state index in [1.54, 1.807) is 7.11 Å². The maximum atomic E-state index is 7.26. The molecule has 1 aromatic rings. The van der Waals surface area contributed by atoms with Crippen LogP contribution in [0.1, 0.15) is 11.1 Å². The van der Waals surface area contributed by atoms with E-state index < -0.39 is 0 Å². The summed E-state index contributed by atoms with van der Waals surface area (Å²) in [6.07, 6.45) is 0.397. The first kappa shape index (κ1) is 10.4. The molecule has 14 heavy (non-hydrogen) atoms. The summed E-state index contributed by atoms with van der Waals surface area (Å²) in [7, 11) is 1.63. The second-order valence-corrected chi connectivity index (χ2v) is 3.04. The predicted molar refractivity (Wildman–Crippen MR) is 54.3 cm³/mol. The highest BCUT2D eigenvalue weighted by atomic mass is 16.5.